The van der Waals surface area contributed by atoms with Crippen molar-refractivity contribution >= 4 is 21.8 Å². The van der Waals surface area contributed by atoms with Crippen LogP contribution in [-0.4, -0.2) is 59.9 Å². The third-order valence-corrected chi connectivity index (χ3v) is 3.85. The lowest BCUT2D eigenvalue weighted by Crippen LogP contribution is -2.52. The second-order valence-corrected chi connectivity index (χ2v) is 5.48. The normalized spacial score (nSPS) is 17.9. The first-order valence-corrected chi connectivity index (χ1v) is 6.76. The van der Waals surface area contributed by atoms with Gasteiger partial charge in [0.25, 0.3) is 16.1 Å². The van der Waals surface area contributed by atoms with Gasteiger partial charge in [-0.3, -0.25) is 9.89 Å². The van der Waals surface area contributed by atoms with Gasteiger partial charge in [-0.15, -0.1) is 0 Å². The third-order valence-electron chi connectivity index (χ3n) is 2.77. The second-order valence-electron chi connectivity index (χ2n) is 3.94. The molecular formula is C8H14N6O3S. The van der Waals surface area contributed by atoms with Crippen molar-refractivity contribution in [3.8, 4) is 0 Å². The SMILES string of the molecule is Nc1cn[nH]c1C(=O)N1CCN(S(N)(=O)=O)CC1. The zero-order valence-electron chi connectivity index (χ0n) is 9.54. The number of nitrogen functional groups attached to an aromatic ring is 1. The van der Waals surface area contributed by atoms with Gasteiger partial charge in [0.2, 0.25) is 0 Å². The molecular weight excluding hydrogens is 260 g/mol. The largest absolute Gasteiger partial charge is 0.396 e. The van der Waals surface area contributed by atoms with E-state index in [1.165, 1.54) is 11.1 Å². The molecule has 1 aromatic heterocycles. The van der Waals surface area contributed by atoms with Crippen LogP contribution in [0.3, 0.4) is 0 Å². The number of rotatable bonds is 2. The topological polar surface area (TPSA) is 138 Å². The van der Waals surface area contributed by atoms with Gasteiger partial charge in [0.1, 0.15) is 5.69 Å². The first-order valence-electron chi connectivity index (χ1n) is 5.25. The van der Waals surface area contributed by atoms with Crippen molar-refractivity contribution in [1.29, 1.82) is 0 Å². The standard InChI is InChI=1S/C8H14N6O3S/c9-6-5-11-12-7(6)8(15)13-1-3-14(4-2-13)18(10,16)17/h5H,1-4,9H2,(H,11,12)(H2,10,16,17). The lowest BCUT2D eigenvalue weighted by molar-refractivity contribution is 0.0693. The molecule has 9 nitrogen and oxygen atoms in total. The van der Waals surface area contributed by atoms with E-state index in [-0.39, 0.29) is 43.5 Å². The number of nitrogens with zero attached hydrogens (tertiary/aromatic N) is 3. The number of piperazine rings is 1. The van der Waals surface area contributed by atoms with Crippen LogP contribution in [0.25, 0.3) is 0 Å². The third kappa shape index (κ3) is 2.44. The van der Waals surface area contributed by atoms with Gasteiger partial charge < -0.3 is 10.6 Å². The fourth-order valence-electron chi connectivity index (χ4n) is 1.77. The number of H-pyrrole nitrogens is 1. The van der Waals surface area contributed by atoms with E-state index in [2.05, 4.69) is 10.2 Å². The number of hydrogen-bond donors (Lipinski definition) is 3. The van der Waals surface area contributed by atoms with Gasteiger partial charge in [0, 0.05) is 26.2 Å². The minimum Gasteiger partial charge on any atom is -0.396 e. The average Bonchev–Trinajstić information content (AvgIpc) is 2.73. The van der Waals surface area contributed by atoms with E-state index in [0.29, 0.717) is 0 Å². The summed E-state index contributed by atoms with van der Waals surface area (Å²) in [6.45, 7) is 0.901. The number of aromatic amines is 1. The Kier molecular flexibility index (Phi) is 3.24. The molecule has 2 heterocycles. The van der Waals surface area contributed by atoms with Crippen molar-refractivity contribution in [2.24, 2.45) is 5.14 Å². The molecule has 2 rings (SSSR count). The molecule has 0 unspecified atom stereocenters. The Hall–Kier alpha value is -1.65. The Morgan fingerprint density at radius 3 is 2.39 bits per heavy atom. The van der Waals surface area contributed by atoms with Gasteiger partial charge in [-0.25, -0.2) is 5.14 Å². The summed E-state index contributed by atoms with van der Waals surface area (Å²) in [6.07, 6.45) is 1.35. The Labute approximate surface area is 104 Å². The van der Waals surface area contributed by atoms with Crippen LogP contribution in [0.5, 0.6) is 0 Å². The monoisotopic (exact) mass is 274 g/mol. The van der Waals surface area contributed by atoms with Crippen molar-refractivity contribution in [2.75, 3.05) is 31.9 Å². The molecule has 0 bridgehead atoms. The summed E-state index contributed by atoms with van der Waals surface area (Å²) < 4.78 is 23.4. The van der Waals surface area contributed by atoms with Gasteiger partial charge in [-0.2, -0.15) is 17.8 Å². The zero-order chi connectivity index (χ0) is 13.3. The molecule has 100 valence electrons. The van der Waals surface area contributed by atoms with Crippen LogP contribution in [0.4, 0.5) is 5.69 Å². The Morgan fingerprint density at radius 2 is 1.94 bits per heavy atom. The molecule has 1 saturated heterocycles. The van der Waals surface area contributed by atoms with Gasteiger partial charge in [0.05, 0.1) is 11.9 Å². The van der Waals surface area contributed by atoms with Gasteiger partial charge in [-0.05, 0) is 0 Å². The molecule has 0 atom stereocenters. The number of hydrogen-bond acceptors (Lipinski definition) is 5. The number of anilines is 1. The van der Waals surface area contributed by atoms with Gasteiger partial charge in [-0.1, -0.05) is 0 Å². The van der Waals surface area contributed by atoms with Gasteiger partial charge >= 0.3 is 0 Å². The van der Waals surface area contributed by atoms with Crippen LogP contribution in [0.1, 0.15) is 10.5 Å². The molecule has 1 fully saturated rings. The number of nitrogens with one attached hydrogen (secondary N) is 1. The van der Waals surface area contributed by atoms with Crippen LogP contribution in [0.2, 0.25) is 0 Å². The molecule has 10 heteroatoms. The molecule has 0 spiro atoms. The number of carbonyl (C=O) groups excluding carboxylic acids is 1. The van der Waals surface area contributed by atoms with E-state index in [4.69, 9.17) is 10.9 Å². The highest BCUT2D eigenvalue weighted by Gasteiger charge is 2.28. The predicted molar refractivity (Wildman–Crippen MR) is 63.6 cm³/mol. The molecule has 18 heavy (non-hydrogen) atoms. The highest BCUT2D eigenvalue weighted by molar-refractivity contribution is 7.86. The Bertz CT molecular complexity index is 545. The zero-order valence-corrected chi connectivity index (χ0v) is 10.4. The maximum atomic E-state index is 12.0. The molecule has 0 aromatic carbocycles. The van der Waals surface area contributed by atoms with E-state index in [1.54, 1.807) is 0 Å². The number of nitrogens with two attached hydrogens (primary N) is 2. The molecule has 1 aliphatic rings. The molecule has 0 aliphatic carbocycles. The summed E-state index contributed by atoms with van der Waals surface area (Å²) in [4.78, 5) is 13.5. The quantitative estimate of drug-likeness (QED) is 0.570. The maximum Gasteiger partial charge on any atom is 0.277 e. The summed E-state index contributed by atoms with van der Waals surface area (Å²) in [6, 6.07) is 0. The molecule has 0 radical (unpaired) electrons. The van der Waals surface area contributed by atoms with E-state index in [9.17, 15) is 13.2 Å². The minimum absolute atomic E-state index is 0.179. The van der Waals surface area contributed by atoms with Crippen LogP contribution < -0.4 is 10.9 Å². The number of amides is 1. The maximum absolute atomic E-state index is 12.0. The highest BCUT2D eigenvalue weighted by Crippen LogP contribution is 2.12. The number of carbonyl (C=O) groups is 1. The van der Waals surface area contributed by atoms with E-state index < -0.39 is 10.2 Å². The average molecular weight is 274 g/mol. The molecule has 5 N–H and O–H groups in total. The predicted octanol–water partition coefficient (Wildman–Crippen LogP) is -2.05. The molecule has 1 aromatic rings. The smallest absolute Gasteiger partial charge is 0.277 e. The minimum atomic E-state index is -3.69. The molecule has 1 amide bonds. The summed E-state index contributed by atoms with van der Waals surface area (Å²) in [7, 11) is -3.69. The summed E-state index contributed by atoms with van der Waals surface area (Å²) in [5.41, 5.74) is 6.07. The molecule has 0 saturated carbocycles. The summed E-state index contributed by atoms with van der Waals surface area (Å²) in [5, 5.41) is 11.2. The van der Waals surface area contributed by atoms with Crippen LogP contribution in [-0.2, 0) is 10.2 Å². The van der Waals surface area contributed by atoms with Crippen molar-refractivity contribution in [1.82, 2.24) is 19.4 Å². The molecule has 1 aliphatic heterocycles. The van der Waals surface area contributed by atoms with Crippen molar-refractivity contribution in [3.63, 3.8) is 0 Å². The van der Waals surface area contributed by atoms with Crippen LogP contribution >= 0.6 is 0 Å². The Balaban J connectivity index is 2.03. The first kappa shape index (κ1) is 12.8. The first-order chi connectivity index (χ1) is 8.39. The highest BCUT2D eigenvalue weighted by atomic mass is 32.2. The van der Waals surface area contributed by atoms with Crippen molar-refractivity contribution < 1.29 is 13.2 Å². The fraction of sp³-hybridized carbons (Fsp3) is 0.500. The van der Waals surface area contributed by atoms with Crippen LogP contribution in [0.15, 0.2) is 6.20 Å². The van der Waals surface area contributed by atoms with Gasteiger partial charge in [0.15, 0.2) is 0 Å². The fourth-order valence-corrected chi connectivity index (χ4v) is 2.44. The second kappa shape index (κ2) is 4.55. The lowest BCUT2D eigenvalue weighted by atomic mass is 10.3. The van der Waals surface area contributed by atoms with E-state index in [1.807, 2.05) is 0 Å². The van der Waals surface area contributed by atoms with E-state index in [0.717, 1.165) is 4.31 Å². The van der Waals surface area contributed by atoms with Crippen LogP contribution in [0, 0.1) is 0 Å². The lowest BCUT2D eigenvalue weighted by Gasteiger charge is -2.32. The van der Waals surface area contributed by atoms with Crippen molar-refractivity contribution in [2.45, 2.75) is 0 Å². The summed E-state index contributed by atoms with van der Waals surface area (Å²) in [5.74, 6) is -0.293. The number of aromatic nitrogens is 2. The van der Waals surface area contributed by atoms with E-state index >= 15 is 0 Å². The Morgan fingerprint density at radius 1 is 1.33 bits per heavy atom. The van der Waals surface area contributed by atoms with Crippen molar-refractivity contribution in [3.05, 3.63) is 11.9 Å². The summed E-state index contributed by atoms with van der Waals surface area (Å²) >= 11 is 0.